The quantitative estimate of drug-likeness (QED) is 0.830. The van der Waals surface area contributed by atoms with Crippen LogP contribution in [0.25, 0.3) is 0 Å². The summed E-state index contributed by atoms with van der Waals surface area (Å²) in [6, 6.07) is 5.09. The summed E-state index contributed by atoms with van der Waals surface area (Å²) in [5, 5.41) is 2.25. The van der Waals surface area contributed by atoms with E-state index in [9.17, 15) is 18.0 Å². The van der Waals surface area contributed by atoms with E-state index in [1.807, 2.05) is 0 Å². The number of amides is 1. The van der Waals surface area contributed by atoms with Gasteiger partial charge in [-0.2, -0.15) is 0 Å². The summed E-state index contributed by atoms with van der Waals surface area (Å²) in [7, 11) is 0. The number of benzene rings is 2. The molecule has 0 aliphatic heterocycles. The lowest BCUT2D eigenvalue weighted by Gasteiger charge is -2.11. The fraction of sp³-hybridized carbons (Fsp3) is 0.0714. The van der Waals surface area contributed by atoms with Gasteiger partial charge in [-0.25, -0.2) is 13.2 Å². The molecule has 0 bridgehead atoms. The van der Waals surface area contributed by atoms with Gasteiger partial charge in [0.1, 0.15) is 17.3 Å². The number of rotatable bonds is 2. The first-order valence-corrected chi connectivity index (χ1v) is 5.70. The normalized spacial score (nSPS) is 10.4. The lowest BCUT2D eigenvalue weighted by atomic mass is 10.1. The molecule has 3 N–H and O–H groups in total. The predicted molar refractivity (Wildman–Crippen MR) is 69.9 cm³/mol. The fourth-order valence-electron chi connectivity index (χ4n) is 1.79. The van der Waals surface area contributed by atoms with Crippen LogP contribution in [0.2, 0.25) is 0 Å². The highest BCUT2D eigenvalue weighted by Crippen LogP contribution is 2.24. The Morgan fingerprint density at radius 2 is 1.80 bits per heavy atom. The number of hydrogen-bond acceptors (Lipinski definition) is 2. The van der Waals surface area contributed by atoms with E-state index in [4.69, 9.17) is 5.73 Å². The van der Waals surface area contributed by atoms with Crippen LogP contribution in [0.3, 0.4) is 0 Å². The highest BCUT2D eigenvalue weighted by Gasteiger charge is 2.15. The first-order valence-electron chi connectivity index (χ1n) is 5.70. The van der Waals surface area contributed by atoms with E-state index in [1.165, 1.54) is 12.1 Å². The van der Waals surface area contributed by atoms with Crippen LogP contribution in [0.5, 0.6) is 0 Å². The second kappa shape index (κ2) is 5.24. The Balaban J connectivity index is 2.33. The zero-order chi connectivity index (χ0) is 14.9. The van der Waals surface area contributed by atoms with Gasteiger partial charge in [0.15, 0.2) is 5.82 Å². The van der Waals surface area contributed by atoms with Crippen LogP contribution in [0.15, 0.2) is 30.3 Å². The second-order valence-electron chi connectivity index (χ2n) is 4.27. The van der Waals surface area contributed by atoms with Gasteiger partial charge in [0.05, 0.1) is 5.69 Å². The van der Waals surface area contributed by atoms with Crippen LogP contribution in [0, 0.1) is 24.4 Å². The summed E-state index contributed by atoms with van der Waals surface area (Å²) >= 11 is 0. The van der Waals surface area contributed by atoms with Crippen LogP contribution in [0.4, 0.5) is 24.5 Å². The number of anilines is 2. The van der Waals surface area contributed by atoms with Gasteiger partial charge < -0.3 is 11.1 Å². The number of carbonyl (C=O) groups excluding carboxylic acids is 1. The van der Waals surface area contributed by atoms with Gasteiger partial charge in [-0.15, -0.1) is 0 Å². The first-order chi connectivity index (χ1) is 9.38. The van der Waals surface area contributed by atoms with E-state index in [1.54, 1.807) is 6.92 Å². The first kappa shape index (κ1) is 13.9. The molecule has 0 heterocycles. The Kier molecular flexibility index (Phi) is 3.65. The Bertz CT molecular complexity index is 663. The van der Waals surface area contributed by atoms with E-state index in [-0.39, 0.29) is 16.9 Å². The molecule has 0 spiro atoms. The third-order valence-electron chi connectivity index (χ3n) is 2.76. The van der Waals surface area contributed by atoms with Gasteiger partial charge in [0, 0.05) is 11.6 Å². The van der Waals surface area contributed by atoms with E-state index in [0.717, 1.165) is 12.1 Å². The molecule has 3 nitrogen and oxygen atoms in total. The molecule has 0 aliphatic carbocycles. The monoisotopic (exact) mass is 280 g/mol. The van der Waals surface area contributed by atoms with Crippen LogP contribution < -0.4 is 11.1 Å². The number of carbonyl (C=O) groups is 1. The molecule has 0 radical (unpaired) electrons. The molecule has 6 heteroatoms. The maximum atomic E-state index is 13.6. The second-order valence-corrected chi connectivity index (χ2v) is 4.27. The minimum Gasteiger partial charge on any atom is -0.397 e. The average molecular weight is 280 g/mol. The van der Waals surface area contributed by atoms with Gasteiger partial charge in [-0.1, -0.05) is 0 Å². The lowest BCUT2D eigenvalue weighted by Crippen LogP contribution is -2.16. The van der Waals surface area contributed by atoms with Crippen LogP contribution in [0.1, 0.15) is 15.9 Å². The molecule has 1 amide bonds. The Labute approximate surface area is 113 Å². The Morgan fingerprint density at radius 3 is 2.40 bits per heavy atom. The molecule has 0 fully saturated rings. The Morgan fingerprint density at radius 1 is 1.10 bits per heavy atom. The number of hydrogen-bond donors (Lipinski definition) is 2. The molecule has 2 rings (SSSR count). The third-order valence-corrected chi connectivity index (χ3v) is 2.76. The molecule has 0 aromatic heterocycles. The van der Waals surface area contributed by atoms with E-state index in [2.05, 4.69) is 5.32 Å². The highest BCUT2D eigenvalue weighted by atomic mass is 19.1. The van der Waals surface area contributed by atoms with Crippen molar-refractivity contribution in [2.24, 2.45) is 0 Å². The van der Waals surface area contributed by atoms with Crippen LogP contribution >= 0.6 is 0 Å². The SMILES string of the molecule is Cc1cc(F)ccc1C(=O)Nc1c(N)cc(F)cc1F. The van der Waals surface area contributed by atoms with Crippen molar-refractivity contribution in [3.8, 4) is 0 Å². The van der Waals surface area contributed by atoms with Crippen molar-refractivity contribution in [2.45, 2.75) is 6.92 Å². The summed E-state index contributed by atoms with van der Waals surface area (Å²) in [6.07, 6.45) is 0. The van der Waals surface area contributed by atoms with Gasteiger partial charge in [-0.05, 0) is 36.8 Å². The number of aryl methyl sites for hydroxylation is 1. The standard InChI is InChI=1S/C14H11F3N2O/c1-7-4-8(15)2-3-10(7)14(20)19-13-11(17)5-9(16)6-12(13)18/h2-6H,18H2,1H3,(H,19,20). The maximum absolute atomic E-state index is 13.6. The van der Waals surface area contributed by atoms with Crippen LogP contribution in [-0.4, -0.2) is 5.91 Å². The van der Waals surface area contributed by atoms with Crippen molar-refractivity contribution in [1.29, 1.82) is 0 Å². The van der Waals surface area contributed by atoms with Crippen molar-refractivity contribution in [3.63, 3.8) is 0 Å². The topological polar surface area (TPSA) is 55.1 Å². The molecule has 20 heavy (non-hydrogen) atoms. The summed E-state index contributed by atoms with van der Waals surface area (Å²) in [5.41, 5.74) is 5.49. The molecule has 0 unspecified atom stereocenters. The van der Waals surface area contributed by atoms with Gasteiger partial charge in [-0.3, -0.25) is 4.79 Å². The molecule has 2 aromatic carbocycles. The summed E-state index contributed by atoms with van der Waals surface area (Å²) < 4.78 is 39.4. The van der Waals surface area contributed by atoms with Gasteiger partial charge in [0.25, 0.3) is 5.91 Å². The lowest BCUT2D eigenvalue weighted by molar-refractivity contribution is 0.102. The van der Waals surface area contributed by atoms with E-state index in [0.29, 0.717) is 11.6 Å². The predicted octanol–water partition coefficient (Wildman–Crippen LogP) is 3.25. The summed E-state index contributed by atoms with van der Waals surface area (Å²) in [6.45, 7) is 1.54. The molecule has 104 valence electrons. The molecular weight excluding hydrogens is 269 g/mol. The van der Waals surface area contributed by atoms with Crippen molar-refractivity contribution < 1.29 is 18.0 Å². The molecule has 0 saturated carbocycles. The molecule has 0 saturated heterocycles. The average Bonchev–Trinajstić information content (AvgIpc) is 2.33. The number of nitrogen functional groups attached to an aromatic ring is 1. The van der Waals surface area contributed by atoms with E-state index < -0.39 is 23.4 Å². The van der Waals surface area contributed by atoms with Gasteiger partial charge in [0.2, 0.25) is 0 Å². The molecular formula is C14H11F3N2O. The van der Waals surface area contributed by atoms with Crippen LogP contribution in [-0.2, 0) is 0 Å². The molecule has 0 aliphatic rings. The molecule has 2 aromatic rings. The Hall–Kier alpha value is -2.50. The summed E-state index contributed by atoms with van der Waals surface area (Å²) in [4.78, 5) is 12.0. The smallest absolute Gasteiger partial charge is 0.256 e. The number of halogens is 3. The van der Waals surface area contributed by atoms with Crippen molar-refractivity contribution >= 4 is 17.3 Å². The van der Waals surface area contributed by atoms with Gasteiger partial charge >= 0.3 is 0 Å². The maximum Gasteiger partial charge on any atom is 0.256 e. The number of nitrogens with one attached hydrogen (secondary N) is 1. The highest BCUT2D eigenvalue weighted by molar-refractivity contribution is 6.06. The summed E-state index contributed by atoms with van der Waals surface area (Å²) in [5.74, 6) is -2.95. The minimum atomic E-state index is -0.976. The van der Waals surface area contributed by atoms with Crippen molar-refractivity contribution in [2.75, 3.05) is 11.1 Å². The zero-order valence-electron chi connectivity index (χ0n) is 10.5. The number of nitrogens with two attached hydrogens (primary N) is 1. The minimum absolute atomic E-state index is 0.175. The molecule has 0 atom stereocenters. The fourth-order valence-corrected chi connectivity index (χ4v) is 1.79. The third kappa shape index (κ3) is 2.74. The van der Waals surface area contributed by atoms with Crippen molar-refractivity contribution in [1.82, 2.24) is 0 Å². The van der Waals surface area contributed by atoms with Crippen molar-refractivity contribution in [3.05, 3.63) is 58.9 Å². The zero-order valence-corrected chi connectivity index (χ0v) is 10.5. The van der Waals surface area contributed by atoms with E-state index >= 15 is 0 Å². The largest absolute Gasteiger partial charge is 0.397 e.